The van der Waals surface area contributed by atoms with Gasteiger partial charge >= 0.3 is 0 Å². The van der Waals surface area contributed by atoms with E-state index in [0.29, 0.717) is 10.0 Å². The van der Waals surface area contributed by atoms with E-state index in [4.69, 9.17) is 27.9 Å². The number of hydrogen-bond acceptors (Lipinski definition) is 2. The number of Topliss-reactive ketones (excluding diaryl/α,β-unsaturated/α-hetero) is 1. The molecular weight excluding hydrogens is 290 g/mol. The number of ketones is 1. The Hall–Kier alpha value is -1.58. The standard InChI is InChI=1S/C14H9Cl2FO2/c1-8(18)12-3-2-4-13(17)14(12)19-11-6-9(15)5-10(16)7-11/h2-7H,1H3. The van der Waals surface area contributed by atoms with Crippen molar-refractivity contribution < 1.29 is 13.9 Å². The third kappa shape index (κ3) is 3.25. The van der Waals surface area contributed by atoms with Crippen LogP contribution in [0.4, 0.5) is 4.39 Å². The van der Waals surface area contributed by atoms with Gasteiger partial charge in [0.1, 0.15) is 5.75 Å². The fourth-order valence-corrected chi connectivity index (χ4v) is 2.10. The lowest BCUT2D eigenvalue weighted by atomic mass is 10.1. The first kappa shape index (κ1) is 13.8. The number of para-hydroxylation sites is 1. The van der Waals surface area contributed by atoms with Crippen LogP contribution in [0.15, 0.2) is 36.4 Å². The molecule has 2 aromatic rings. The zero-order chi connectivity index (χ0) is 14.0. The van der Waals surface area contributed by atoms with Gasteiger partial charge in [0, 0.05) is 10.0 Å². The van der Waals surface area contributed by atoms with Gasteiger partial charge in [-0.05, 0) is 37.3 Å². The molecule has 98 valence electrons. The SMILES string of the molecule is CC(=O)c1cccc(F)c1Oc1cc(Cl)cc(Cl)c1. The predicted molar refractivity (Wildman–Crippen MR) is 72.9 cm³/mol. The summed E-state index contributed by atoms with van der Waals surface area (Å²) in [5.74, 6) is -0.773. The summed E-state index contributed by atoms with van der Waals surface area (Å²) in [6.45, 7) is 1.34. The summed E-state index contributed by atoms with van der Waals surface area (Å²) in [4.78, 5) is 11.4. The normalized spacial score (nSPS) is 10.3. The number of ether oxygens (including phenoxy) is 1. The van der Waals surface area contributed by atoms with E-state index in [1.165, 1.54) is 43.3 Å². The molecule has 2 rings (SSSR count). The monoisotopic (exact) mass is 298 g/mol. The number of carbonyl (C=O) groups is 1. The molecule has 0 saturated heterocycles. The average Bonchev–Trinajstić information content (AvgIpc) is 2.30. The molecule has 0 aliphatic rings. The quantitative estimate of drug-likeness (QED) is 0.735. The van der Waals surface area contributed by atoms with Crippen molar-refractivity contribution in [2.75, 3.05) is 0 Å². The van der Waals surface area contributed by atoms with Crippen molar-refractivity contribution in [3.8, 4) is 11.5 Å². The summed E-state index contributed by atoms with van der Waals surface area (Å²) in [5, 5.41) is 0.728. The molecule has 0 atom stereocenters. The molecule has 2 nitrogen and oxygen atoms in total. The third-order valence-corrected chi connectivity index (χ3v) is 2.84. The minimum atomic E-state index is -0.621. The topological polar surface area (TPSA) is 26.3 Å². The average molecular weight is 299 g/mol. The first-order valence-corrected chi connectivity index (χ1v) is 6.16. The lowest BCUT2D eigenvalue weighted by molar-refractivity contribution is 0.101. The predicted octanol–water partition coefficient (Wildman–Crippen LogP) is 5.13. The highest BCUT2D eigenvalue weighted by Crippen LogP contribution is 2.32. The largest absolute Gasteiger partial charge is 0.453 e. The van der Waals surface area contributed by atoms with E-state index in [-0.39, 0.29) is 22.8 Å². The van der Waals surface area contributed by atoms with Gasteiger partial charge in [-0.1, -0.05) is 29.3 Å². The highest BCUT2D eigenvalue weighted by Gasteiger charge is 2.14. The summed E-state index contributed by atoms with van der Waals surface area (Å²) in [5.41, 5.74) is 0.163. The summed E-state index contributed by atoms with van der Waals surface area (Å²) in [6.07, 6.45) is 0. The van der Waals surface area contributed by atoms with Crippen molar-refractivity contribution in [2.24, 2.45) is 0 Å². The molecule has 0 fully saturated rings. The van der Waals surface area contributed by atoms with Gasteiger partial charge in [-0.25, -0.2) is 4.39 Å². The van der Waals surface area contributed by atoms with Crippen LogP contribution >= 0.6 is 23.2 Å². The minimum Gasteiger partial charge on any atom is -0.453 e. The van der Waals surface area contributed by atoms with Crippen molar-refractivity contribution in [3.63, 3.8) is 0 Å². The van der Waals surface area contributed by atoms with Gasteiger partial charge in [0.25, 0.3) is 0 Å². The Kier molecular flexibility index (Phi) is 4.08. The van der Waals surface area contributed by atoms with E-state index in [1.807, 2.05) is 0 Å². The van der Waals surface area contributed by atoms with Crippen LogP contribution in [0.5, 0.6) is 11.5 Å². The molecule has 0 aliphatic heterocycles. The van der Waals surface area contributed by atoms with Crippen molar-refractivity contribution >= 4 is 29.0 Å². The molecular formula is C14H9Cl2FO2. The Morgan fingerprint density at radius 1 is 1.16 bits per heavy atom. The first-order valence-electron chi connectivity index (χ1n) is 5.41. The lowest BCUT2D eigenvalue weighted by Gasteiger charge is -2.11. The molecule has 0 aliphatic carbocycles. The molecule has 0 amide bonds. The maximum absolute atomic E-state index is 13.8. The van der Waals surface area contributed by atoms with Crippen LogP contribution in [0.2, 0.25) is 10.0 Å². The Bertz CT molecular complexity index is 621. The fourth-order valence-electron chi connectivity index (χ4n) is 1.60. The van der Waals surface area contributed by atoms with E-state index < -0.39 is 5.82 Å². The first-order chi connectivity index (χ1) is 8.97. The maximum atomic E-state index is 13.8. The van der Waals surface area contributed by atoms with Gasteiger partial charge in [-0.3, -0.25) is 4.79 Å². The smallest absolute Gasteiger partial charge is 0.173 e. The maximum Gasteiger partial charge on any atom is 0.173 e. The molecule has 5 heteroatoms. The van der Waals surface area contributed by atoms with E-state index in [2.05, 4.69) is 0 Å². The Morgan fingerprint density at radius 2 is 1.79 bits per heavy atom. The van der Waals surface area contributed by atoms with Crippen molar-refractivity contribution in [2.45, 2.75) is 6.92 Å². The summed E-state index contributed by atoms with van der Waals surface area (Å²) in [7, 11) is 0. The zero-order valence-corrected chi connectivity index (χ0v) is 11.4. The summed E-state index contributed by atoms with van der Waals surface area (Å²) < 4.78 is 19.2. The van der Waals surface area contributed by atoms with Gasteiger partial charge in [0.2, 0.25) is 0 Å². The van der Waals surface area contributed by atoms with Crippen LogP contribution in [0, 0.1) is 5.82 Å². The Balaban J connectivity index is 2.45. The molecule has 2 aromatic carbocycles. The third-order valence-electron chi connectivity index (χ3n) is 2.40. The molecule has 0 spiro atoms. The van der Waals surface area contributed by atoms with E-state index >= 15 is 0 Å². The van der Waals surface area contributed by atoms with Crippen LogP contribution in [0.3, 0.4) is 0 Å². The second-order valence-electron chi connectivity index (χ2n) is 3.88. The number of rotatable bonds is 3. The van der Waals surface area contributed by atoms with E-state index in [1.54, 1.807) is 0 Å². The molecule has 0 bridgehead atoms. The number of carbonyl (C=O) groups excluding carboxylic acids is 1. The number of hydrogen-bond donors (Lipinski definition) is 0. The van der Waals surface area contributed by atoms with Crippen LogP contribution in [0.25, 0.3) is 0 Å². The summed E-state index contributed by atoms with van der Waals surface area (Å²) >= 11 is 11.7. The van der Waals surface area contributed by atoms with E-state index in [9.17, 15) is 9.18 Å². The second kappa shape index (κ2) is 5.59. The molecule has 19 heavy (non-hydrogen) atoms. The van der Waals surface area contributed by atoms with Gasteiger partial charge in [0.05, 0.1) is 5.56 Å². The van der Waals surface area contributed by atoms with Gasteiger partial charge < -0.3 is 4.74 Å². The zero-order valence-electron chi connectivity index (χ0n) is 9.91. The Labute approximate surface area is 119 Å². The van der Waals surface area contributed by atoms with Crippen molar-refractivity contribution in [1.82, 2.24) is 0 Å². The van der Waals surface area contributed by atoms with Crippen molar-refractivity contribution in [3.05, 3.63) is 57.8 Å². The number of halogens is 3. The Morgan fingerprint density at radius 3 is 2.37 bits per heavy atom. The molecule has 0 aromatic heterocycles. The fraction of sp³-hybridized carbons (Fsp3) is 0.0714. The molecule has 0 unspecified atom stereocenters. The highest BCUT2D eigenvalue weighted by molar-refractivity contribution is 6.34. The highest BCUT2D eigenvalue weighted by atomic mass is 35.5. The molecule has 0 saturated carbocycles. The van der Waals surface area contributed by atoms with Crippen LogP contribution in [-0.2, 0) is 0 Å². The van der Waals surface area contributed by atoms with Gasteiger partial charge in [-0.15, -0.1) is 0 Å². The second-order valence-corrected chi connectivity index (χ2v) is 4.75. The van der Waals surface area contributed by atoms with Crippen LogP contribution in [-0.4, -0.2) is 5.78 Å². The van der Waals surface area contributed by atoms with Crippen LogP contribution < -0.4 is 4.74 Å². The van der Waals surface area contributed by atoms with Gasteiger partial charge in [-0.2, -0.15) is 0 Å². The summed E-state index contributed by atoms with van der Waals surface area (Å²) in [6, 6.07) is 8.67. The van der Waals surface area contributed by atoms with E-state index in [0.717, 1.165) is 0 Å². The lowest BCUT2D eigenvalue weighted by Crippen LogP contribution is -1.99. The molecule has 0 radical (unpaired) electrons. The number of benzene rings is 2. The molecule has 0 heterocycles. The minimum absolute atomic E-state index is 0.131. The molecule has 0 N–H and O–H groups in total. The van der Waals surface area contributed by atoms with Crippen LogP contribution in [0.1, 0.15) is 17.3 Å². The van der Waals surface area contributed by atoms with Gasteiger partial charge in [0.15, 0.2) is 17.3 Å². The van der Waals surface area contributed by atoms with Crippen molar-refractivity contribution in [1.29, 1.82) is 0 Å².